The topological polar surface area (TPSA) is 181 Å². The van der Waals surface area contributed by atoms with Gasteiger partial charge in [0, 0.05) is 0 Å². The second kappa shape index (κ2) is 7.90. The summed E-state index contributed by atoms with van der Waals surface area (Å²) in [5, 5.41) is 8.72. The summed E-state index contributed by atoms with van der Waals surface area (Å²) in [4.78, 5) is 10.7. The first kappa shape index (κ1) is 20.3. The number of carbonyl (C=O) groups is 1. The van der Waals surface area contributed by atoms with Crippen LogP contribution >= 0.6 is 0 Å². The Bertz CT molecular complexity index is 737. The minimum Gasteiger partial charge on any atom is -0.488 e. The summed E-state index contributed by atoms with van der Waals surface area (Å²) < 4.78 is 66.3. The second-order valence-corrected chi connectivity index (χ2v) is 8.02. The highest BCUT2D eigenvalue weighted by atomic mass is 32.2. The average Bonchev–Trinajstić information content (AvgIpc) is 2.36. The lowest BCUT2D eigenvalue weighted by Gasteiger charge is -2.17. The molecular formula is C12H17NO9S2. The molecule has 1 rings (SSSR count). The van der Waals surface area contributed by atoms with Gasteiger partial charge in [0.15, 0.2) is 0 Å². The van der Waals surface area contributed by atoms with E-state index in [-0.39, 0.29) is 12.2 Å². The van der Waals surface area contributed by atoms with Crippen molar-refractivity contribution in [2.75, 3.05) is 11.5 Å². The maximum absolute atomic E-state index is 10.9. The van der Waals surface area contributed by atoms with Crippen molar-refractivity contribution in [2.24, 2.45) is 5.73 Å². The molecule has 0 fully saturated rings. The number of carboxylic acids is 1. The molecule has 0 bridgehead atoms. The summed E-state index contributed by atoms with van der Waals surface area (Å²) in [5.41, 5.74) is 5.95. The summed E-state index contributed by atoms with van der Waals surface area (Å²) in [6.07, 6.45) is -1.48. The van der Waals surface area contributed by atoms with Gasteiger partial charge in [-0.1, -0.05) is 12.1 Å². The zero-order valence-corrected chi connectivity index (χ0v) is 13.9. The summed E-state index contributed by atoms with van der Waals surface area (Å²) in [6.45, 7) is 0. The van der Waals surface area contributed by atoms with Gasteiger partial charge in [0.05, 0.1) is 0 Å². The summed E-state index contributed by atoms with van der Waals surface area (Å²) in [5.74, 6) is -3.16. The number of nitrogens with two attached hydrogens (primary N) is 1. The van der Waals surface area contributed by atoms with Crippen LogP contribution in [0.15, 0.2) is 24.3 Å². The van der Waals surface area contributed by atoms with Crippen LogP contribution in [0.4, 0.5) is 0 Å². The molecule has 10 nitrogen and oxygen atoms in total. The first-order chi connectivity index (χ1) is 10.9. The molecule has 0 radical (unpaired) electrons. The Morgan fingerprint density at radius 3 is 1.88 bits per heavy atom. The van der Waals surface area contributed by atoms with Gasteiger partial charge in [-0.15, -0.1) is 0 Å². The van der Waals surface area contributed by atoms with Gasteiger partial charge in [-0.05, 0) is 24.1 Å². The normalized spacial score (nSPS) is 13.7. The van der Waals surface area contributed by atoms with E-state index >= 15 is 0 Å². The second-order valence-electron chi connectivity index (χ2n) is 5.03. The van der Waals surface area contributed by atoms with Crippen molar-refractivity contribution in [1.29, 1.82) is 0 Å². The lowest BCUT2D eigenvalue weighted by atomic mass is 10.1. The molecule has 5 N–H and O–H groups in total. The van der Waals surface area contributed by atoms with Crippen LogP contribution in [0.25, 0.3) is 0 Å². The van der Waals surface area contributed by atoms with E-state index in [1.807, 2.05) is 0 Å². The van der Waals surface area contributed by atoms with E-state index < -0.39 is 49.9 Å². The zero-order valence-electron chi connectivity index (χ0n) is 12.3. The van der Waals surface area contributed by atoms with Crippen molar-refractivity contribution in [3.8, 4) is 5.75 Å². The molecule has 0 heterocycles. The molecule has 0 aliphatic heterocycles. The van der Waals surface area contributed by atoms with Gasteiger partial charge in [0.1, 0.15) is 29.4 Å². The molecule has 1 aromatic carbocycles. The van der Waals surface area contributed by atoms with E-state index in [1.54, 1.807) is 0 Å². The molecule has 0 amide bonds. The standard InChI is InChI=1S/C12H17NO9S2/c13-11(12(14)15)5-8-1-3-9(4-2-8)22-10(6-23(16,17)18)7-24(19,20)21/h1-4,10-11H,5-7,13H2,(H,14,15)(H,16,17,18)(H,19,20,21)/t11-/m0/s1. The molecule has 24 heavy (non-hydrogen) atoms. The van der Waals surface area contributed by atoms with Gasteiger partial charge < -0.3 is 15.6 Å². The highest BCUT2D eigenvalue weighted by molar-refractivity contribution is 7.86. The zero-order chi connectivity index (χ0) is 18.5. The highest BCUT2D eigenvalue weighted by Gasteiger charge is 2.24. The maximum Gasteiger partial charge on any atom is 0.320 e. The number of hydrogen-bond acceptors (Lipinski definition) is 7. The number of ether oxygens (including phenoxy) is 1. The number of hydrogen-bond donors (Lipinski definition) is 4. The molecule has 12 heteroatoms. The van der Waals surface area contributed by atoms with Crippen LogP contribution in [-0.2, 0) is 31.5 Å². The molecule has 0 aromatic heterocycles. The maximum atomic E-state index is 10.9. The van der Waals surface area contributed by atoms with Crippen molar-refractivity contribution >= 4 is 26.2 Å². The van der Waals surface area contributed by atoms with Crippen LogP contribution in [0, 0.1) is 0 Å². The first-order valence-corrected chi connectivity index (χ1v) is 9.72. The number of carboxylic acid groups (broad SMARTS) is 1. The van der Waals surface area contributed by atoms with Crippen molar-refractivity contribution < 1.29 is 40.6 Å². The van der Waals surface area contributed by atoms with Crippen LogP contribution in [0.2, 0.25) is 0 Å². The first-order valence-electron chi connectivity index (χ1n) is 6.50. The van der Waals surface area contributed by atoms with Crippen molar-refractivity contribution in [1.82, 2.24) is 0 Å². The van der Waals surface area contributed by atoms with Crippen LogP contribution < -0.4 is 10.5 Å². The molecule has 136 valence electrons. The molecule has 0 saturated heterocycles. The van der Waals surface area contributed by atoms with Crippen LogP contribution in [-0.4, -0.2) is 60.7 Å². The van der Waals surface area contributed by atoms with Crippen molar-refractivity contribution in [3.05, 3.63) is 29.8 Å². The van der Waals surface area contributed by atoms with E-state index in [4.69, 9.17) is 24.7 Å². The Labute approximate surface area is 138 Å². The smallest absolute Gasteiger partial charge is 0.320 e. The van der Waals surface area contributed by atoms with Crippen molar-refractivity contribution in [2.45, 2.75) is 18.6 Å². The monoisotopic (exact) mass is 383 g/mol. The van der Waals surface area contributed by atoms with Gasteiger partial charge in [-0.3, -0.25) is 13.9 Å². The minimum absolute atomic E-state index is 0.0507. The Morgan fingerprint density at radius 1 is 1.04 bits per heavy atom. The minimum atomic E-state index is -4.53. The molecule has 0 spiro atoms. The molecule has 1 atom stereocenters. The van der Waals surface area contributed by atoms with Gasteiger partial charge in [0.25, 0.3) is 20.2 Å². The van der Waals surface area contributed by atoms with Gasteiger partial charge >= 0.3 is 5.97 Å². The fourth-order valence-electron chi connectivity index (χ4n) is 1.82. The van der Waals surface area contributed by atoms with E-state index in [1.165, 1.54) is 24.3 Å². The van der Waals surface area contributed by atoms with E-state index in [0.29, 0.717) is 5.56 Å². The molecule has 1 aromatic rings. The largest absolute Gasteiger partial charge is 0.488 e. The Morgan fingerprint density at radius 2 is 1.50 bits per heavy atom. The summed E-state index contributed by atoms with van der Waals surface area (Å²) in [6, 6.07) is 4.55. The van der Waals surface area contributed by atoms with Gasteiger partial charge in [-0.2, -0.15) is 16.8 Å². The van der Waals surface area contributed by atoms with E-state index in [9.17, 15) is 21.6 Å². The molecule has 0 aliphatic rings. The van der Waals surface area contributed by atoms with E-state index in [2.05, 4.69) is 0 Å². The SMILES string of the molecule is N[C@@H](Cc1ccc(OC(CS(=O)(=O)O)CS(=O)(=O)O)cc1)C(=O)O. The lowest BCUT2D eigenvalue weighted by molar-refractivity contribution is -0.138. The van der Waals surface area contributed by atoms with Crippen LogP contribution in [0.3, 0.4) is 0 Å². The molecular weight excluding hydrogens is 366 g/mol. The predicted molar refractivity (Wildman–Crippen MR) is 83.0 cm³/mol. The summed E-state index contributed by atoms with van der Waals surface area (Å²) >= 11 is 0. The van der Waals surface area contributed by atoms with Gasteiger partial charge in [-0.25, -0.2) is 0 Å². The average molecular weight is 383 g/mol. The summed E-state index contributed by atoms with van der Waals surface area (Å²) in [7, 11) is -9.06. The third-order valence-corrected chi connectivity index (χ3v) is 4.38. The predicted octanol–water partition coefficient (Wildman–Crippen LogP) is -0.836. The number of rotatable bonds is 9. The fraction of sp³-hybridized carbons (Fsp3) is 0.417. The van der Waals surface area contributed by atoms with Crippen molar-refractivity contribution in [3.63, 3.8) is 0 Å². The van der Waals surface area contributed by atoms with E-state index in [0.717, 1.165) is 0 Å². The quantitative estimate of drug-likeness (QED) is 0.392. The fourth-order valence-corrected chi connectivity index (χ4v) is 3.28. The molecule has 0 saturated carbocycles. The molecule has 0 aliphatic carbocycles. The Balaban J connectivity index is 2.84. The third kappa shape index (κ3) is 8.21. The van der Waals surface area contributed by atoms with Crippen LogP contribution in [0.1, 0.15) is 5.56 Å². The highest BCUT2D eigenvalue weighted by Crippen LogP contribution is 2.16. The Hall–Kier alpha value is -1.73. The van der Waals surface area contributed by atoms with Gasteiger partial charge in [0.2, 0.25) is 0 Å². The third-order valence-electron chi connectivity index (χ3n) is 2.79. The Kier molecular flexibility index (Phi) is 6.68. The number of aliphatic carboxylic acids is 1. The number of benzene rings is 1. The molecule has 0 unspecified atom stereocenters. The van der Waals surface area contributed by atoms with Crippen LogP contribution in [0.5, 0.6) is 5.75 Å². The lowest BCUT2D eigenvalue weighted by Crippen LogP contribution is -2.33.